The molecule has 2 N–H and O–H groups in total. The van der Waals surface area contributed by atoms with E-state index in [4.69, 9.17) is 9.15 Å². The number of nitrogens with zero attached hydrogens (tertiary/aromatic N) is 1. The maximum atomic E-state index is 12.3. The number of methoxy groups -OCH3 is 1. The van der Waals surface area contributed by atoms with Crippen molar-refractivity contribution in [2.75, 3.05) is 17.7 Å². The molecule has 140 valence electrons. The van der Waals surface area contributed by atoms with E-state index in [1.807, 2.05) is 49.4 Å². The van der Waals surface area contributed by atoms with E-state index in [-0.39, 0.29) is 6.03 Å². The highest BCUT2D eigenvalue weighted by molar-refractivity contribution is 6.00. The average Bonchev–Trinajstić information content (AvgIpc) is 3.12. The second-order valence-electron chi connectivity index (χ2n) is 6.38. The third-order valence-electron chi connectivity index (χ3n) is 4.26. The van der Waals surface area contributed by atoms with E-state index in [1.165, 1.54) is 0 Å². The fraction of sp³-hybridized carbons (Fsp3) is 0.0909. The van der Waals surface area contributed by atoms with E-state index in [0.29, 0.717) is 17.3 Å². The van der Waals surface area contributed by atoms with Gasteiger partial charge in [0.2, 0.25) is 5.89 Å². The molecule has 0 aliphatic heterocycles. The summed E-state index contributed by atoms with van der Waals surface area (Å²) in [6, 6.07) is 20.0. The van der Waals surface area contributed by atoms with Crippen LogP contribution in [0.3, 0.4) is 0 Å². The molecule has 4 rings (SSSR count). The lowest BCUT2D eigenvalue weighted by atomic mass is 10.2. The van der Waals surface area contributed by atoms with Crippen molar-refractivity contribution in [3.05, 3.63) is 72.3 Å². The number of carbonyl (C=O) groups is 1. The molecule has 1 aromatic heterocycles. The SMILES string of the molecule is COc1ccc(NC(=O)Nc2cccc(-c3nc4cc(C)ccc4o3)c2)cc1. The van der Waals surface area contributed by atoms with Crippen LogP contribution in [0.5, 0.6) is 5.75 Å². The minimum absolute atomic E-state index is 0.337. The summed E-state index contributed by atoms with van der Waals surface area (Å²) in [5.41, 5.74) is 4.77. The van der Waals surface area contributed by atoms with Gasteiger partial charge in [-0.1, -0.05) is 12.1 Å². The van der Waals surface area contributed by atoms with Crippen molar-refractivity contribution in [2.24, 2.45) is 0 Å². The first-order valence-electron chi connectivity index (χ1n) is 8.80. The van der Waals surface area contributed by atoms with Crippen LogP contribution in [0, 0.1) is 6.92 Å². The number of benzene rings is 3. The van der Waals surface area contributed by atoms with Crippen LogP contribution in [0.1, 0.15) is 5.56 Å². The highest BCUT2D eigenvalue weighted by Crippen LogP contribution is 2.26. The van der Waals surface area contributed by atoms with Crippen LogP contribution in [-0.2, 0) is 0 Å². The van der Waals surface area contributed by atoms with Crippen LogP contribution in [0.4, 0.5) is 16.2 Å². The Balaban J connectivity index is 1.50. The number of nitrogens with one attached hydrogen (secondary N) is 2. The summed E-state index contributed by atoms with van der Waals surface area (Å²) in [6.45, 7) is 2.01. The summed E-state index contributed by atoms with van der Waals surface area (Å²) in [5.74, 6) is 1.24. The zero-order valence-corrected chi connectivity index (χ0v) is 15.5. The number of aromatic nitrogens is 1. The van der Waals surface area contributed by atoms with Crippen LogP contribution in [0.2, 0.25) is 0 Å². The summed E-state index contributed by atoms with van der Waals surface area (Å²) in [7, 11) is 1.60. The number of ether oxygens (including phenoxy) is 1. The molecule has 3 aromatic carbocycles. The van der Waals surface area contributed by atoms with Gasteiger partial charge in [-0.15, -0.1) is 0 Å². The van der Waals surface area contributed by atoms with Crippen molar-refractivity contribution in [1.82, 2.24) is 4.98 Å². The molecule has 0 radical (unpaired) electrons. The van der Waals surface area contributed by atoms with E-state index >= 15 is 0 Å². The van der Waals surface area contributed by atoms with Crippen molar-refractivity contribution < 1.29 is 13.9 Å². The maximum Gasteiger partial charge on any atom is 0.323 e. The number of aryl methyl sites for hydroxylation is 1. The van der Waals surface area contributed by atoms with Crippen LogP contribution >= 0.6 is 0 Å². The highest BCUT2D eigenvalue weighted by Gasteiger charge is 2.10. The third kappa shape index (κ3) is 3.81. The summed E-state index contributed by atoms with van der Waals surface area (Å²) in [6.07, 6.45) is 0. The molecule has 0 saturated heterocycles. The predicted molar refractivity (Wildman–Crippen MR) is 110 cm³/mol. The number of oxazole rings is 1. The van der Waals surface area contributed by atoms with Crippen molar-refractivity contribution in [1.29, 1.82) is 0 Å². The van der Waals surface area contributed by atoms with Crippen molar-refractivity contribution in [3.63, 3.8) is 0 Å². The van der Waals surface area contributed by atoms with Gasteiger partial charge in [0.05, 0.1) is 7.11 Å². The molecule has 0 aliphatic carbocycles. The Labute approximate surface area is 162 Å². The van der Waals surface area contributed by atoms with E-state index in [1.54, 1.807) is 31.4 Å². The summed E-state index contributed by atoms with van der Waals surface area (Å²) in [4.78, 5) is 16.8. The zero-order valence-electron chi connectivity index (χ0n) is 15.5. The van der Waals surface area contributed by atoms with Gasteiger partial charge in [-0.05, 0) is 67.1 Å². The topological polar surface area (TPSA) is 76.4 Å². The molecular weight excluding hydrogens is 354 g/mol. The van der Waals surface area contributed by atoms with Crippen molar-refractivity contribution in [2.45, 2.75) is 6.92 Å². The van der Waals surface area contributed by atoms with Gasteiger partial charge in [0.25, 0.3) is 0 Å². The summed E-state index contributed by atoms with van der Waals surface area (Å²) < 4.78 is 10.9. The first-order chi connectivity index (χ1) is 13.6. The monoisotopic (exact) mass is 373 g/mol. The molecular formula is C22H19N3O3. The lowest BCUT2D eigenvalue weighted by molar-refractivity contribution is 0.262. The van der Waals surface area contributed by atoms with Gasteiger partial charge in [-0.3, -0.25) is 0 Å². The van der Waals surface area contributed by atoms with Gasteiger partial charge in [-0.2, -0.15) is 0 Å². The zero-order chi connectivity index (χ0) is 19.5. The molecule has 0 aliphatic rings. The molecule has 6 heteroatoms. The van der Waals surface area contributed by atoms with Crippen LogP contribution in [-0.4, -0.2) is 18.1 Å². The van der Waals surface area contributed by atoms with Gasteiger partial charge < -0.3 is 19.8 Å². The molecule has 1 heterocycles. The lowest BCUT2D eigenvalue weighted by Gasteiger charge is -2.09. The van der Waals surface area contributed by atoms with Crippen LogP contribution in [0.25, 0.3) is 22.6 Å². The second-order valence-corrected chi connectivity index (χ2v) is 6.38. The lowest BCUT2D eigenvalue weighted by Crippen LogP contribution is -2.19. The Morgan fingerprint density at radius 3 is 2.54 bits per heavy atom. The van der Waals surface area contributed by atoms with Gasteiger partial charge in [0, 0.05) is 16.9 Å². The molecule has 0 saturated carbocycles. The summed E-state index contributed by atoms with van der Waals surface area (Å²) in [5, 5.41) is 5.61. The normalized spacial score (nSPS) is 10.6. The molecule has 2 amide bonds. The number of carbonyl (C=O) groups excluding carboxylic acids is 1. The Bertz CT molecular complexity index is 1130. The molecule has 28 heavy (non-hydrogen) atoms. The van der Waals surface area contributed by atoms with Gasteiger partial charge in [0.15, 0.2) is 5.58 Å². The minimum atomic E-state index is -0.337. The number of rotatable bonds is 4. The second kappa shape index (κ2) is 7.44. The standard InChI is InChI=1S/C22H19N3O3/c1-14-6-11-20-19(12-14)25-21(28-20)15-4-3-5-17(13-15)24-22(26)23-16-7-9-18(27-2)10-8-16/h3-13H,1-2H3,(H2,23,24,26). The fourth-order valence-electron chi connectivity index (χ4n) is 2.86. The van der Waals surface area contributed by atoms with Crippen LogP contribution < -0.4 is 15.4 Å². The smallest absolute Gasteiger partial charge is 0.323 e. The fourth-order valence-corrected chi connectivity index (χ4v) is 2.86. The van der Waals surface area contributed by atoms with Crippen LogP contribution in [0.15, 0.2) is 71.1 Å². The first-order valence-corrected chi connectivity index (χ1v) is 8.80. The number of amides is 2. The van der Waals surface area contributed by atoms with Gasteiger partial charge in [0.1, 0.15) is 11.3 Å². The molecule has 0 spiro atoms. The van der Waals surface area contributed by atoms with E-state index in [2.05, 4.69) is 15.6 Å². The van der Waals surface area contributed by atoms with Gasteiger partial charge >= 0.3 is 6.03 Å². The molecule has 4 aromatic rings. The van der Waals surface area contributed by atoms with Gasteiger partial charge in [-0.25, -0.2) is 9.78 Å². The highest BCUT2D eigenvalue weighted by atomic mass is 16.5. The molecule has 0 bridgehead atoms. The van der Waals surface area contributed by atoms with E-state index < -0.39 is 0 Å². The minimum Gasteiger partial charge on any atom is -0.497 e. The van der Waals surface area contributed by atoms with Crippen molar-refractivity contribution in [3.8, 4) is 17.2 Å². The summed E-state index contributed by atoms with van der Waals surface area (Å²) >= 11 is 0. The Kier molecular flexibility index (Phi) is 4.68. The van der Waals surface area contributed by atoms with E-state index in [9.17, 15) is 4.79 Å². The maximum absolute atomic E-state index is 12.3. The number of fused-ring (bicyclic) bond motifs is 1. The average molecular weight is 373 g/mol. The Morgan fingerprint density at radius 1 is 0.964 bits per heavy atom. The number of anilines is 2. The number of hydrogen-bond donors (Lipinski definition) is 2. The van der Waals surface area contributed by atoms with Crippen molar-refractivity contribution >= 4 is 28.5 Å². The quantitative estimate of drug-likeness (QED) is 0.498. The molecule has 0 fully saturated rings. The number of urea groups is 1. The molecule has 0 atom stereocenters. The largest absolute Gasteiger partial charge is 0.497 e. The first kappa shape index (κ1) is 17.6. The Morgan fingerprint density at radius 2 is 1.75 bits per heavy atom. The molecule has 0 unspecified atom stereocenters. The Hall–Kier alpha value is -3.80. The van der Waals surface area contributed by atoms with E-state index in [0.717, 1.165) is 28.0 Å². The molecule has 6 nitrogen and oxygen atoms in total. The third-order valence-corrected chi connectivity index (χ3v) is 4.26. The number of hydrogen-bond acceptors (Lipinski definition) is 4. The predicted octanol–water partition coefficient (Wildman–Crippen LogP) is 5.46.